The van der Waals surface area contributed by atoms with Gasteiger partial charge in [-0.25, -0.2) is 9.97 Å². The first-order valence-electron chi connectivity index (χ1n) is 6.77. The van der Waals surface area contributed by atoms with E-state index in [0.717, 1.165) is 34.0 Å². The van der Waals surface area contributed by atoms with Crippen LogP contribution in [0.15, 0.2) is 11.4 Å². The molecule has 0 saturated heterocycles. The Morgan fingerprint density at radius 2 is 2.35 bits per heavy atom. The van der Waals surface area contributed by atoms with Crippen molar-refractivity contribution in [3.63, 3.8) is 0 Å². The molecule has 4 nitrogen and oxygen atoms in total. The third kappa shape index (κ3) is 2.42. The van der Waals surface area contributed by atoms with E-state index in [1.54, 1.807) is 17.7 Å². The number of carbonyl (C=O) groups excluding carboxylic acids is 1. The SMILES string of the molecule is CC1CCc2c(sc3ncnc(SC(C)C(N)=O)c23)C1. The molecule has 2 aromatic rings. The highest BCUT2D eigenvalue weighted by atomic mass is 32.2. The Labute approximate surface area is 126 Å². The van der Waals surface area contributed by atoms with Gasteiger partial charge < -0.3 is 5.73 Å². The smallest absolute Gasteiger partial charge is 0.230 e. The number of nitrogens with zero attached hydrogens (tertiary/aromatic N) is 2. The van der Waals surface area contributed by atoms with E-state index in [1.165, 1.54) is 28.6 Å². The van der Waals surface area contributed by atoms with E-state index in [9.17, 15) is 4.79 Å². The van der Waals surface area contributed by atoms with E-state index >= 15 is 0 Å². The van der Waals surface area contributed by atoms with Crippen LogP contribution in [-0.4, -0.2) is 21.1 Å². The molecule has 0 spiro atoms. The maximum Gasteiger partial charge on any atom is 0.230 e. The molecule has 1 amide bonds. The fourth-order valence-corrected chi connectivity index (χ4v) is 4.87. The van der Waals surface area contributed by atoms with Crippen molar-refractivity contribution in [1.29, 1.82) is 0 Å². The number of fused-ring (bicyclic) bond motifs is 3. The molecule has 0 saturated carbocycles. The summed E-state index contributed by atoms with van der Waals surface area (Å²) in [6, 6.07) is 0. The lowest BCUT2D eigenvalue weighted by atomic mass is 9.89. The van der Waals surface area contributed by atoms with Gasteiger partial charge in [-0.05, 0) is 37.7 Å². The highest BCUT2D eigenvalue weighted by Crippen LogP contribution is 2.41. The standard InChI is InChI=1S/C14H17N3OS2/c1-7-3-4-9-10(5-7)20-14-11(9)13(16-6-17-14)19-8(2)12(15)18/h6-8H,3-5H2,1-2H3,(H2,15,18). The quantitative estimate of drug-likeness (QED) is 0.699. The summed E-state index contributed by atoms with van der Waals surface area (Å²) in [4.78, 5) is 22.5. The zero-order valence-electron chi connectivity index (χ0n) is 11.5. The number of aryl methyl sites for hydroxylation is 1. The van der Waals surface area contributed by atoms with Gasteiger partial charge in [-0.2, -0.15) is 0 Å². The lowest BCUT2D eigenvalue weighted by molar-refractivity contribution is -0.117. The van der Waals surface area contributed by atoms with Crippen LogP contribution in [0.3, 0.4) is 0 Å². The lowest BCUT2D eigenvalue weighted by Crippen LogP contribution is -2.22. The van der Waals surface area contributed by atoms with Gasteiger partial charge in [-0.1, -0.05) is 18.7 Å². The zero-order valence-corrected chi connectivity index (χ0v) is 13.2. The van der Waals surface area contributed by atoms with Gasteiger partial charge in [0.1, 0.15) is 16.2 Å². The molecule has 0 radical (unpaired) electrons. The molecule has 3 rings (SSSR count). The molecule has 0 fully saturated rings. The van der Waals surface area contributed by atoms with E-state index in [4.69, 9.17) is 5.73 Å². The predicted octanol–water partition coefficient (Wildman–Crippen LogP) is 2.78. The van der Waals surface area contributed by atoms with Crippen molar-refractivity contribution in [2.75, 3.05) is 0 Å². The van der Waals surface area contributed by atoms with E-state index in [0.29, 0.717) is 0 Å². The fraction of sp³-hybridized carbons (Fsp3) is 0.500. The molecule has 0 aromatic carbocycles. The van der Waals surface area contributed by atoms with Gasteiger partial charge in [0.25, 0.3) is 0 Å². The highest BCUT2D eigenvalue weighted by molar-refractivity contribution is 8.00. The first-order valence-corrected chi connectivity index (χ1v) is 8.47. The van der Waals surface area contributed by atoms with Crippen LogP contribution in [0, 0.1) is 5.92 Å². The third-order valence-electron chi connectivity index (χ3n) is 3.75. The van der Waals surface area contributed by atoms with Crippen LogP contribution in [0.25, 0.3) is 10.2 Å². The summed E-state index contributed by atoms with van der Waals surface area (Å²) >= 11 is 3.21. The molecule has 106 valence electrons. The van der Waals surface area contributed by atoms with Crippen LogP contribution in [0.4, 0.5) is 0 Å². The van der Waals surface area contributed by atoms with E-state index in [2.05, 4.69) is 16.9 Å². The van der Waals surface area contributed by atoms with Gasteiger partial charge >= 0.3 is 0 Å². The number of carbonyl (C=O) groups is 1. The third-order valence-corrected chi connectivity index (χ3v) is 6.03. The number of aromatic nitrogens is 2. The second-order valence-electron chi connectivity index (χ2n) is 5.37. The highest BCUT2D eigenvalue weighted by Gasteiger charge is 2.24. The van der Waals surface area contributed by atoms with Crippen LogP contribution in [0.1, 0.15) is 30.7 Å². The Balaban J connectivity index is 2.07. The molecule has 2 heterocycles. The van der Waals surface area contributed by atoms with Crippen molar-refractivity contribution in [2.45, 2.75) is 43.4 Å². The molecular formula is C14H17N3OS2. The maximum absolute atomic E-state index is 11.3. The van der Waals surface area contributed by atoms with Crippen LogP contribution < -0.4 is 5.73 Å². The Morgan fingerprint density at radius 3 is 3.10 bits per heavy atom. The van der Waals surface area contributed by atoms with Crippen molar-refractivity contribution < 1.29 is 4.79 Å². The molecule has 2 atom stereocenters. The normalized spacial score (nSPS) is 19.8. The molecular weight excluding hydrogens is 290 g/mol. The summed E-state index contributed by atoms with van der Waals surface area (Å²) in [5.41, 5.74) is 6.75. The van der Waals surface area contributed by atoms with Crippen LogP contribution in [0.5, 0.6) is 0 Å². The molecule has 1 aliphatic carbocycles. The first kappa shape index (κ1) is 13.8. The summed E-state index contributed by atoms with van der Waals surface area (Å²) in [6.45, 7) is 4.12. The van der Waals surface area contributed by atoms with Gasteiger partial charge in [-0.3, -0.25) is 4.79 Å². The molecule has 0 bridgehead atoms. The summed E-state index contributed by atoms with van der Waals surface area (Å²) < 4.78 is 0. The Bertz CT molecular complexity index is 668. The number of hydrogen-bond acceptors (Lipinski definition) is 5. The molecule has 2 aromatic heterocycles. The van der Waals surface area contributed by atoms with Gasteiger partial charge in [0.2, 0.25) is 5.91 Å². The number of hydrogen-bond donors (Lipinski definition) is 1. The number of thiophene rings is 1. The molecule has 6 heteroatoms. The Morgan fingerprint density at radius 1 is 1.55 bits per heavy atom. The second-order valence-corrected chi connectivity index (χ2v) is 7.79. The fourth-order valence-electron chi connectivity index (χ4n) is 2.56. The number of thioether (sulfide) groups is 1. The molecule has 0 aliphatic heterocycles. The minimum absolute atomic E-state index is 0.272. The maximum atomic E-state index is 11.3. The minimum atomic E-state index is -0.306. The van der Waals surface area contributed by atoms with E-state index < -0.39 is 0 Å². The molecule has 2 unspecified atom stereocenters. The van der Waals surface area contributed by atoms with Gasteiger partial charge in [0, 0.05) is 10.3 Å². The van der Waals surface area contributed by atoms with E-state index in [1.807, 2.05) is 6.92 Å². The number of rotatable bonds is 3. The summed E-state index contributed by atoms with van der Waals surface area (Å²) in [6.07, 6.45) is 5.02. The van der Waals surface area contributed by atoms with Gasteiger partial charge in [-0.15, -0.1) is 11.3 Å². The molecule has 20 heavy (non-hydrogen) atoms. The van der Waals surface area contributed by atoms with Crippen LogP contribution >= 0.6 is 23.1 Å². The van der Waals surface area contributed by atoms with Crippen molar-refractivity contribution in [1.82, 2.24) is 9.97 Å². The second kappa shape index (κ2) is 5.33. The number of nitrogens with two attached hydrogens (primary N) is 1. The average Bonchev–Trinajstić information content (AvgIpc) is 2.76. The van der Waals surface area contributed by atoms with Crippen molar-refractivity contribution >= 4 is 39.2 Å². The van der Waals surface area contributed by atoms with Gasteiger partial charge in [0.15, 0.2) is 0 Å². The summed E-state index contributed by atoms with van der Waals surface area (Å²) in [5, 5.41) is 1.78. The largest absolute Gasteiger partial charge is 0.369 e. The minimum Gasteiger partial charge on any atom is -0.369 e. The number of amides is 1. The summed E-state index contributed by atoms with van der Waals surface area (Å²) in [7, 11) is 0. The first-order chi connectivity index (χ1) is 9.56. The van der Waals surface area contributed by atoms with Crippen molar-refractivity contribution in [3.8, 4) is 0 Å². The lowest BCUT2D eigenvalue weighted by Gasteiger charge is -2.18. The van der Waals surface area contributed by atoms with Crippen LogP contribution in [0.2, 0.25) is 0 Å². The molecule has 2 N–H and O–H groups in total. The Kier molecular flexibility index (Phi) is 3.69. The van der Waals surface area contributed by atoms with Gasteiger partial charge in [0.05, 0.1) is 5.25 Å². The monoisotopic (exact) mass is 307 g/mol. The summed E-state index contributed by atoms with van der Waals surface area (Å²) in [5.74, 6) is 0.434. The zero-order chi connectivity index (χ0) is 14.3. The Hall–Kier alpha value is -1.14. The predicted molar refractivity (Wildman–Crippen MR) is 83.1 cm³/mol. The van der Waals surface area contributed by atoms with E-state index in [-0.39, 0.29) is 11.2 Å². The average molecular weight is 307 g/mol. The van der Waals surface area contributed by atoms with Crippen molar-refractivity contribution in [2.24, 2.45) is 11.7 Å². The number of primary amides is 1. The topological polar surface area (TPSA) is 68.9 Å². The van der Waals surface area contributed by atoms with Crippen LogP contribution in [-0.2, 0) is 17.6 Å². The molecule has 1 aliphatic rings. The van der Waals surface area contributed by atoms with Crippen molar-refractivity contribution in [3.05, 3.63) is 16.8 Å².